The van der Waals surface area contributed by atoms with Gasteiger partial charge in [-0.05, 0) is 53.6 Å². The van der Waals surface area contributed by atoms with Crippen molar-refractivity contribution >= 4 is 10.8 Å². The Morgan fingerprint density at radius 2 is 1.82 bits per heavy atom. The quantitative estimate of drug-likeness (QED) is 0.783. The molecule has 86 valence electrons. The second-order valence-corrected chi connectivity index (χ2v) is 5.49. The number of fused-ring (bicyclic) bond motifs is 2. The van der Waals surface area contributed by atoms with Gasteiger partial charge in [-0.25, -0.2) is 0 Å². The minimum atomic E-state index is 0.793. The molecule has 2 fully saturated rings. The number of rotatable bonds is 1. The van der Waals surface area contributed by atoms with Gasteiger partial charge in [0.2, 0.25) is 0 Å². The second-order valence-electron chi connectivity index (χ2n) is 5.49. The zero-order valence-corrected chi connectivity index (χ0v) is 9.89. The van der Waals surface area contributed by atoms with Crippen LogP contribution in [-0.2, 0) is 0 Å². The fourth-order valence-electron chi connectivity index (χ4n) is 3.72. The lowest BCUT2D eigenvalue weighted by Gasteiger charge is -2.40. The zero-order chi connectivity index (χ0) is 11.2. The first kappa shape index (κ1) is 9.67. The number of benzene rings is 2. The highest BCUT2D eigenvalue weighted by molar-refractivity contribution is 5.86. The van der Waals surface area contributed by atoms with Gasteiger partial charge in [0.1, 0.15) is 0 Å². The van der Waals surface area contributed by atoms with Crippen LogP contribution in [0.5, 0.6) is 0 Å². The van der Waals surface area contributed by atoms with E-state index in [2.05, 4.69) is 47.8 Å². The molecule has 2 aromatic rings. The minimum absolute atomic E-state index is 0.793. The van der Waals surface area contributed by atoms with E-state index in [1.54, 1.807) is 5.56 Å². The largest absolute Gasteiger partial charge is 0.316 e. The van der Waals surface area contributed by atoms with E-state index >= 15 is 0 Å². The molecule has 1 nitrogen and oxygen atoms in total. The number of hydrogen-bond donors (Lipinski definition) is 1. The average Bonchev–Trinajstić information content (AvgIpc) is 2.71. The van der Waals surface area contributed by atoms with Crippen LogP contribution in [0.1, 0.15) is 17.9 Å². The Balaban J connectivity index is 1.81. The normalized spacial score (nSPS) is 31.2. The van der Waals surface area contributed by atoms with Gasteiger partial charge in [0.25, 0.3) is 0 Å². The maximum absolute atomic E-state index is 3.53. The predicted molar refractivity (Wildman–Crippen MR) is 71.2 cm³/mol. The molecule has 0 aromatic heterocycles. The fraction of sp³-hybridized carbons (Fsp3) is 0.375. The highest BCUT2D eigenvalue weighted by Gasteiger charge is 2.44. The average molecular weight is 223 g/mol. The maximum atomic E-state index is 3.53. The minimum Gasteiger partial charge on any atom is -0.316 e. The molecule has 2 aromatic carbocycles. The van der Waals surface area contributed by atoms with Gasteiger partial charge in [-0.1, -0.05) is 42.5 Å². The molecule has 3 atom stereocenters. The van der Waals surface area contributed by atoms with Gasteiger partial charge in [-0.2, -0.15) is 0 Å². The summed E-state index contributed by atoms with van der Waals surface area (Å²) < 4.78 is 0. The van der Waals surface area contributed by atoms with E-state index in [9.17, 15) is 0 Å². The van der Waals surface area contributed by atoms with Gasteiger partial charge < -0.3 is 5.32 Å². The van der Waals surface area contributed by atoms with Crippen LogP contribution in [0.3, 0.4) is 0 Å². The molecule has 17 heavy (non-hydrogen) atoms. The van der Waals surface area contributed by atoms with Gasteiger partial charge in [0.05, 0.1) is 0 Å². The van der Waals surface area contributed by atoms with Crippen molar-refractivity contribution in [1.29, 1.82) is 0 Å². The molecule has 0 spiro atoms. The summed E-state index contributed by atoms with van der Waals surface area (Å²) in [5.41, 5.74) is 1.58. The number of nitrogens with one attached hydrogen (secondary N) is 1. The van der Waals surface area contributed by atoms with Crippen LogP contribution in [0.4, 0.5) is 0 Å². The molecule has 0 bridgehead atoms. The SMILES string of the molecule is c1ccc2c(C3CC4CNCC43)cccc2c1. The van der Waals surface area contributed by atoms with Gasteiger partial charge in [-0.3, -0.25) is 0 Å². The predicted octanol–water partition coefficient (Wildman–Crippen LogP) is 3.16. The summed E-state index contributed by atoms with van der Waals surface area (Å²) in [6, 6.07) is 15.6. The van der Waals surface area contributed by atoms with Crippen LogP contribution >= 0.6 is 0 Å². The highest BCUT2D eigenvalue weighted by Crippen LogP contribution is 2.50. The topological polar surface area (TPSA) is 12.0 Å². The molecule has 1 heterocycles. The van der Waals surface area contributed by atoms with Crippen molar-refractivity contribution < 1.29 is 0 Å². The Bertz CT molecular complexity index is 555. The summed E-state index contributed by atoms with van der Waals surface area (Å²) in [4.78, 5) is 0. The molecule has 4 rings (SSSR count). The molecule has 0 radical (unpaired) electrons. The Labute approximate surface area is 102 Å². The number of hydrogen-bond acceptors (Lipinski definition) is 1. The van der Waals surface area contributed by atoms with E-state index in [4.69, 9.17) is 0 Å². The summed E-state index contributed by atoms with van der Waals surface area (Å²) in [6.45, 7) is 2.46. The molecule has 1 saturated heterocycles. The van der Waals surface area contributed by atoms with Crippen molar-refractivity contribution in [2.45, 2.75) is 12.3 Å². The van der Waals surface area contributed by atoms with E-state index in [-0.39, 0.29) is 0 Å². The first-order valence-electron chi connectivity index (χ1n) is 6.62. The Hall–Kier alpha value is -1.34. The standard InChI is InChI=1S/C16H17N/c1-2-6-13-11(4-1)5-3-7-14(13)15-8-12-9-17-10-16(12)15/h1-7,12,15-17H,8-10H2. The van der Waals surface area contributed by atoms with Crippen LogP contribution in [0.2, 0.25) is 0 Å². The molecule has 1 aliphatic carbocycles. The van der Waals surface area contributed by atoms with Gasteiger partial charge in [0.15, 0.2) is 0 Å². The van der Waals surface area contributed by atoms with Crippen molar-refractivity contribution in [1.82, 2.24) is 5.32 Å². The summed E-state index contributed by atoms with van der Waals surface area (Å²) in [6.07, 6.45) is 1.38. The fourth-order valence-corrected chi connectivity index (χ4v) is 3.72. The third-order valence-corrected chi connectivity index (χ3v) is 4.69. The Kier molecular flexibility index (Phi) is 2.03. The zero-order valence-electron chi connectivity index (χ0n) is 9.89. The first-order valence-corrected chi connectivity index (χ1v) is 6.62. The van der Waals surface area contributed by atoms with Crippen LogP contribution in [0.25, 0.3) is 10.8 Å². The monoisotopic (exact) mass is 223 g/mol. The van der Waals surface area contributed by atoms with Gasteiger partial charge >= 0.3 is 0 Å². The summed E-state index contributed by atoms with van der Waals surface area (Å²) >= 11 is 0. The van der Waals surface area contributed by atoms with Gasteiger partial charge in [-0.15, -0.1) is 0 Å². The molecule has 1 aliphatic heterocycles. The Morgan fingerprint density at radius 3 is 2.76 bits per heavy atom. The molecule has 1 heteroatoms. The molecular formula is C16H17N. The lowest BCUT2D eigenvalue weighted by atomic mass is 9.63. The summed E-state index contributed by atoms with van der Waals surface area (Å²) in [5.74, 6) is 2.63. The van der Waals surface area contributed by atoms with Crippen LogP contribution in [0, 0.1) is 11.8 Å². The summed E-state index contributed by atoms with van der Waals surface area (Å²) in [5, 5.41) is 6.38. The van der Waals surface area contributed by atoms with Crippen LogP contribution < -0.4 is 5.32 Å². The molecule has 2 aliphatic rings. The second kappa shape index (κ2) is 3.58. The Morgan fingerprint density at radius 1 is 0.941 bits per heavy atom. The van der Waals surface area contributed by atoms with Gasteiger partial charge in [0, 0.05) is 0 Å². The van der Waals surface area contributed by atoms with Crippen molar-refractivity contribution in [2.24, 2.45) is 11.8 Å². The highest BCUT2D eigenvalue weighted by atomic mass is 14.9. The third kappa shape index (κ3) is 1.35. The van der Waals surface area contributed by atoms with E-state index < -0.39 is 0 Å². The van der Waals surface area contributed by atoms with E-state index in [0.29, 0.717) is 0 Å². The van der Waals surface area contributed by atoms with E-state index in [1.165, 1.54) is 30.3 Å². The maximum Gasteiger partial charge on any atom is -0.00114 e. The van der Waals surface area contributed by atoms with Crippen LogP contribution in [0.15, 0.2) is 42.5 Å². The molecule has 1 saturated carbocycles. The van der Waals surface area contributed by atoms with Crippen molar-refractivity contribution in [2.75, 3.05) is 13.1 Å². The first-order chi connectivity index (χ1) is 8.43. The summed E-state index contributed by atoms with van der Waals surface area (Å²) in [7, 11) is 0. The van der Waals surface area contributed by atoms with Crippen molar-refractivity contribution in [3.8, 4) is 0 Å². The molecular weight excluding hydrogens is 206 g/mol. The lowest BCUT2D eigenvalue weighted by molar-refractivity contribution is 0.192. The third-order valence-electron chi connectivity index (χ3n) is 4.69. The van der Waals surface area contributed by atoms with E-state index in [1.807, 2.05) is 0 Å². The lowest BCUT2D eigenvalue weighted by Crippen LogP contribution is -2.33. The van der Waals surface area contributed by atoms with Crippen LogP contribution in [-0.4, -0.2) is 13.1 Å². The smallest absolute Gasteiger partial charge is 0.00114 e. The molecule has 1 N–H and O–H groups in total. The molecule has 0 amide bonds. The van der Waals surface area contributed by atoms with Crippen molar-refractivity contribution in [3.05, 3.63) is 48.0 Å². The molecule has 3 unspecified atom stereocenters. The van der Waals surface area contributed by atoms with Crippen molar-refractivity contribution in [3.63, 3.8) is 0 Å². The van der Waals surface area contributed by atoms with E-state index in [0.717, 1.165) is 17.8 Å².